The predicted molar refractivity (Wildman–Crippen MR) is 139 cm³/mol. The molecule has 1 fully saturated rings. The van der Waals surface area contributed by atoms with Crippen molar-refractivity contribution in [3.8, 4) is 0 Å². The first-order valence-corrected chi connectivity index (χ1v) is 12.3. The first-order valence-electron chi connectivity index (χ1n) is 12.3. The molecule has 2 atom stereocenters. The summed E-state index contributed by atoms with van der Waals surface area (Å²) in [6.07, 6.45) is 16.6. The summed E-state index contributed by atoms with van der Waals surface area (Å²) in [7, 11) is 0. The van der Waals surface area contributed by atoms with Gasteiger partial charge in [0.15, 0.2) is 0 Å². The molecule has 30 heavy (non-hydrogen) atoms. The Balaban J connectivity index is 0.000000266. The van der Waals surface area contributed by atoms with Crippen molar-refractivity contribution in [2.24, 2.45) is 11.8 Å². The van der Waals surface area contributed by atoms with Crippen molar-refractivity contribution in [1.29, 1.82) is 0 Å². The van der Waals surface area contributed by atoms with Gasteiger partial charge in [-0.3, -0.25) is 0 Å². The summed E-state index contributed by atoms with van der Waals surface area (Å²) in [4.78, 5) is 0. The van der Waals surface area contributed by atoms with Crippen LogP contribution >= 0.6 is 0 Å². The highest BCUT2D eigenvalue weighted by molar-refractivity contribution is 5.92. The fraction of sp³-hybridized carbons (Fsp3) is 0.533. The lowest BCUT2D eigenvalue weighted by Crippen LogP contribution is -2.19. The van der Waals surface area contributed by atoms with Crippen LogP contribution in [0.3, 0.4) is 0 Å². The van der Waals surface area contributed by atoms with Gasteiger partial charge < -0.3 is 0 Å². The molecule has 2 unspecified atom stereocenters. The smallest absolute Gasteiger partial charge is 0.0109 e. The van der Waals surface area contributed by atoms with Gasteiger partial charge >= 0.3 is 0 Å². The molecule has 0 nitrogen and oxygen atoms in total. The third-order valence-corrected chi connectivity index (χ3v) is 6.17. The van der Waals surface area contributed by atoms with Crippen molar-refractivity contribution >= 4 is 16.3 Å². The number of unbranched alkanes of at least 4 members (excludes halogenated alkanes) is 2. The van der Waals surface area contributed by atoms with E-state index in [1.807, 2.05) is 13.8 Å². The number of allylic oxidation sites excluding steroid dienone is 2. The van der Waals surface area contributed by atoms with Crippen LogP contribution in [0.1, 0.15) is 97.5 Å². The molecule has 1 aliphatic carbocycles. The van der Waals surface area contributed by atoms with E-state index in [-0.39, 0.29) is 0 Å². The second-order valence-corrected chi connectivity index (χ2v) is 8.80. The molecule has 3 rings (SSSR count). The second-order valence-electron chi connectivity index (χ2n) is 8.80. The van der Waals surface area contributed by atoms with Gasteiger partial charge in [0.2, 0.25) is 0 Å². The molecule has 0 spiro atoms. The summed E-state index contributed by atoms with van der Waals surface area (Å²) in [6, 6.07) is 14.7. The summed E-state index contributed by atoms with van der Waals surface area (Å²) < 4.78 is 0. The highest BCUT2D eigenvalue weighted by Gasteiger charge is 2.23. The second kappa shape index (κ2) is 15.9. The van der Waals surface area contributed by atoms with Crippen LogP contribution in [-0.4, -0.2) is 0 Å². The van der Waals surface area contributed by atoms with Gasteiger partial charge in [0, 0.05) is 0 Å². The zero-order valence-electron chi connectivity index (χ0n) is 20.3. The van der Waals surface area contributed by atoms with Crippen LogP contribution < -0.4 is 0 Å². The lowest BCUT2D eigenvalue weighted by Gasteiger charge is -2.31. The average molecular weight is 407 g/mol. The molecule has 0 amide bonds. The van der Waals surface area contributed by atoms with E-state index in [4.69, 9.17) is 0 Å². The Morgan fingerprint density at radius 2 is 1.40 bits per heavy atom. The van der Waals surface area contributed by atoms with Crippen molar-refractivity contribution < 1.29 is 0 Å². The normalized spacial score (nSPS) is 17.9. The molecule has 2 aromatic rings. The Kier molecular flexibility index (Phi) is 13.9. The molecule has 0 heteroatoms. The summed E-state index contributed by atoms with van der Waals surface area (Å²) in [6.45, 7) is 15.9. The molecule has 0 saturated heterocycles. The molecule has 1 saturated carbocycles. The number of hydrogen-bond acceptors (Lipinski definition) is 0. The Morgan fingerprint density at radius 3 is 1.90 bits per heavy atom. The maximum absolute atomic E-state index is 3.98. The van der Waals surface area contributed by atoms with E-state index in [0.717, 1.165) is 17.4 Å². The lowest BCUT2D eigenvalue weighted by atomic mass is 9.74. The molecule has 0 N–H and O–H groups in total. The van der Waals surface area contributed by atoms with Gasteiger partial charge in [-0.05, 0) is 42.0 Å². The summed E-state index contributed by atoms with van der Waals surface area (Å²) >= 11 is 0. The van der Waals surface area contributed by atoms with E-state index >= 15 is 0 Å². The fourth-order valence-corrected chi connectivity index (χ4v) is 4.57. The quantitative estimate of drug-likeness (QED) is 0.401. The standard InChI is InChI=1S/C14H28.C13H12.C3H6/c1-3-5-9-13-11-7-8-12-14(13)10-6-4-2;1-10(2)12-9-5-7-11-6-3-4-8-13(11)12;1-3-2/h13-14H,3-12H2,1-2H3;3-9H,1H2,2H3;3H,1H2,2H3. The Morgan fingerprint density at radius 1 is 0.900 bits per heavy atom. The maximum atomic E-state index is 3.98. The van der Waals surface area contributed by atoms with Gasteiger partial charge in [0.25, 0.3) is 0 Å². The van der Waals surface area contributed by atoms with Crippen molar-refractivity contribution in [3.05, 3.63) is 67.3 Å². The van der Waals surface area contributed by atoms with Crippen LogP contribution in [0.2, 0.25) is 0 Å². The molecule has 166 valence electrons. The van der Waals surface area contributed by atoms with Crippen LogP contribution in [0.5, 0.6) is 0 Å². The molecule has 1 aliphatic rings. The molecule has 2 aromatic carbocycles. The zero-order valence-corrected chi connectivity index (χ0v) is 20.3. The molecule has 0 aromatic heterocycles. The van der Waals surface area contributed by atoms with Gasteiger partial charge in [-0.15, -0.1) is 6.58 Å². The van der Waals surface area contributed by atoms with Crippen LogP contribution in [0.4, 0.5) is 0 Å². The van der Waals surface area contributed by atoms with E-state index < -0.39 is 0 Å². The molecule has 0 bridgehead atoms. The lowest BCUT2D eigenvalue weighted by molar-refractivity contribution is 0.204. The van der Waals surface area contributed by atoms with E-state index in [9.17, 15) is 0 Å². The van der Waals surface area contributed by atoms with E-state index in [2.05, 4.69) is 69.5 Å². The summed E-state index contributed by atoms with van der Waals surface area (Å²) in [5.74, 6) is 2.19. The zero-order chi connectivity index (χ0) is 22.2. The number of hydrogen-bond donors (Lipinski definition) is 0. The van der Waals surface area contributed by atoms with Crippen molar-refractivity contribution in [2.45, 2.75) is 91.9 Å². The van der Waals surface area contributed by atoms with Crippen molar-refractivity contribution in [3.63, 3.8) is 0 Å². The first kappa shape index (κ1) is 26.2. The van der Waals surface area contributed by atoms with Crippen LogP contribution in [0, 0.1) is 11.8 Å². The largest absolute Gasteiger partial charge is 0.103 e. The van der Waals surface area contributed by atoms with Crippen LogP contribution in [0.25, 0.3) is 16.3 Å². The minimum Gasteiger partial charge on any atom is -0.103 e. The Bertz CT molecular complexity index is 702. The molecular formula is C30H46. The van der Waals surface area contributed by atoms with Crippen molar-refractivity contribution in [2.75, 3.05) is 0 Å². The minimum atomic E-state index is 1.09. The molecular weight excluding hydrogens is 360 g/mol. The number of benzene rings is 2. The van der Waals surface area contributed by atoms with Crippen LogP contribution in [0.15, 0.2) is 61.7 Å². The SMILES string of the molecule is C=C(C)c1cccc2ccccc12.C=CC.CCCCC1CCCCC1CCCC. The monoisotopic (exact) mass is 406 g/mol. The fourth-order valence-electron chi connectivity index (χ4n) is 4.57. The van der Waals surface area contributed by atoms with Gasteiger partial charge in [0.1, 0.15) is 0 Å². The van der Waals surface area contributed by atoms with Crippen molar-refractivity contribution in [1.82, 2.24) is 0 Å². The molecule has 0 radical (unpaired) electrons. The van der Waals surface area contributed by atoms with Gasteiger partial charge in [-0.1, -0.05) is 139 Å². The van der Waals surface area contributed by atoms with Gasteiger partial charge in [-0.25, -0.2) is 0 Å². The Labute approximate surface area is 187 Å². The van der Waals surface area contributed by atoms with Gasteiger partial charge in [0.05, 0.1) is 0 Å². The van der Waals surface area contributed by atoms with E-state index in [1.54, 1.807) is 6.08 Å². The third-order valence-electron chi connectivity index (χ3n) is 6.17. The third kappa shape index (κ3) is 9.33. The van der Waals surface area contributed by atoms with E-state index in [0.29, 0.717) is 0 Å². The minimum absolute atomic E-state index is 1.09. The Hall–Kier alpha value is -1.82. The summed E-state index contributed by atoms with van der Waals surface area (Å²) in [5.41, 5.74) is 2.37. The first-order chi connectivity index (χ1) is 14.6. The maximum Gasteiger partial charge on any atom is -0.0109 e. The van der Waals surface area contributed by atoms with E-state index in [1.165, 1.54) is 80.5 Å². The molecule has 0 aliphatic heterocycles. The highest BCUT2D eigenvalue weighted by Crippen LogP contribution is 2.36. The van der Waals surface area contributed by atoms with Gasteiger partial charge in [-0.2, -0.15) is 0 Å². The summed E-state index contributed by atoms with van der Waals surface area (Å²) in [5, 5.41) is 2.57. The topological polar surface area (TPSA) is 0 Å². The number of fused-ring (bicyclic) bond motifs is 1. The van der Waals surface area contributed by atoms with Crippen LogP contribution in [-0.2, 0) is 0 Å². The number of rotatable bonds is 7. The highest BCUT2D eigenvalue weighted by atomic mass is 14.3. The molecule has 0 heterocycles. The average Bonchev–Trinajstić information content (AvgIpc) is 2.77. The predicted octanol–water partition coefficient (Wildman–Crippen LogP) is 10.2.